The van der Waals surface area contributed by atoms with Crippen LogP contribution < -0.4 is 5.32 Å². The predicted octanol–water partition coefficient (Wildman–Crippen LogP) is 2.20. The molecular formula is C13H17ClN4S. The molecule has 2 aromatic heterocycles. The minimum Gasteiger partial charge on any atom is -0.333 e. The van der Waals surface area contributed by atoms with Crippen LogP contribution in [0, 0.1) is 0 Å². The fraction of sp³-hybridized carbons (Fsp3) is 0.462. The number of aromatic nitrogens is 2. The number of halogens is 1. The van der Waals surface area contributed by atoms with Crippen LogP contribution in [0.1, 0.15) is 10.7 Å². The van der Waals surface area contributed by atoms with Gasteiger partial charge in [0.2, 0.25) is 0 Å². The van der Waals surface area contributed by atoms with Crippen molar-refractivity contribution >= 4 is 22.9 Å². The minimum atomic E-state index is 0.861. The van der Waals surface area contributed by atoms with Gasteiger partial charge >= 0.3 is 0 Å². The fourth-order valence-corrected chi connectivity index (χ4v) is 3.37. The van der Waals surface area contributed by atoms with E-state index in [0.717, 1.165) is 43.6 Å². The van der Waals surface area contributed by atoms with Crippen LogP contribution in [0.25, 0.3) is 0 Å². The van der Waals surface area contributed by atoms with E-state index >= 15 is 0 Å². The molecule has 0 unspecified atom stereocenters. The third-order valence-electron chi connectivity index (χ3n) is 3.36. The second kappa shape index (κ2) is 6.05. The van der Waals surface area contributed by atoms with Crippen LogP contribution in [0.15, 0.2) is 24.5 Å². The van der Waals surface area contributed by atoms with Gasteiger partial charge in [0.05, 0.1) is 10.9 Å². The van der Waals surface area contributed by atoms with Crippen LogP contribution in [0.3, 0.4) is 0 Å². The van der Waals surface area contributed by atoms with Gasteiger partial charge in [0.15, 0.2) is 0 Å². The molecule has 1 aliphatic rings. The quantitative estimate of drug-likeness (QED) is 0.859. The van der Waals surface area contributed by atoms with Crippen LogP contribution in [-0.4, -0.2) is 34.1 Å². The Hall–Kier alpha value is -0.880. The molecule has 102 valence electrons. The molecule has 0 aliphatic carbocycles. The Morgan fingerprint density at radius 3 is 3.16 bits per heavy atom. The normalized spacial score (nSPS) is 15.6. The Balaban J connectivity index is 1.39. The number of hydrogen-bond donors (Lipinski definition) is 1. The summed E-state index contributed by atoms with van der Waals surface area (Å²) in [5.41, 5.74) is 0. The van der Waals surface area contributed by atoms with Crippen molar-refractivity contribution in [3.63, 3.8) is 0 Å². The average molecular weight is 297 g/mol. The summed E-state index contributed by atoms with van der Waals surface area (Å²) < 4.78 is 3.09. The van der Waals surface area contributed by atoms with E-state index in [0.29, 0.717) is 0 Å². The maximum absolute atomic E-state index is 5.91. The highest BCUT2D eigenvalue weighted by Crippen LogP contribution is 2.20. The maximum atomic E-state index is 5.91. The summed E-state index contributed by atoms with van der Waals surface area (Å²) in [6.45, 7) is 6.08. The van der Waals surface area contributed by atoms with Crippen molar-refractivity contribution in [2.24, 2.45) is 0 Å². The molecule has 19 heavy (non-hydrogen) atoms. The number of rotatable bonds is 5. The van der Waals surface area contributed by atoms with Crippen molar-refractivity contribution in [2.45, 2.75) is 19.6 Å². The molecular weight excluding hydrogens is 280 g/mol. The van der Waals surface area contributed by atoms with Crippen molar-refractivity contribution < 1.29 is 0 Å². The third-order valence-corrected chi connectivity index (χ3v) is 4.59. The average Bonchev–Trinajstić information content (AvgIpc) is 3.03. The molecule has 4 nitrogen and oxygen atoms in total. The summed E-state index contributed by atoms with van der Waals surface area (Å²) in [6.07, 6.45) is 3.95. The largest absolute Gasteiger partial charge is 0.333 e. The van der Waals surface area contributed by atoms with Gasteiger partial charge in [-0.1, -0.05) is 11.6 Å². The van der Waals surface area contributed by atoms with Gasteiger partial charge < -0.3 is 9.88 Å². The zero-order valence-electron chi connectivity index (χ0n) is 10.7. The number of hydrogen-bond acceptors (Lipinski definition) is 4. The molecule has 0 amide bonds. The van der Waals surface area contributed by atoms with Gasteiger partial charge in [0.1, 0.15) is 5.82 Å². The lowest BCUT2D eigenvalue weighted by Gasteiger charge is -2.27. The zero-order valence-corrected chi connectivity index (χ0v) is 12.3. The van der Waals surface area contributed by atoms with Crippen molar-refractivity contribution in [3.8, 4) is 0 Å². The van der Waals surface area contributed by atoms with Crippen molar-refractivity contribution in [3.05, 3.63) is 39.6 Å². The monoisotopic (exact) mass is 296 g/mol. The van der Waals surface area contributed by atoms with Crippen LogP contribution in [0.2, 0.25) is 4.34 Å². The number of nitrogens with one attached hydrogen (secondary N) is 1. The summed E-state index contributed by atoms with van der Waals surface area (Å²) in [4.78, 5) is 8.11. The Kier molecular flexibility index (Phi) is 4.18. The van der Waals surface area contributed by atoms with E-state index in [1.807, 2.05) is 12.3 Å². The van der Waals surface area contributed by atoms with Gasteiger partial charge in [-0.05, 0) is 12.1 Å². The van der Waals surface area contributed by atoms with E-state index in [-0.39, 0.29) is 0 Å². The van der Waals surface area contributed by atoms with Gasteiger partial charge in [-0.15, -0.1) is 11.3 Å². The molecule has 0 saturated heterocycles. The molecule has 0 saturated carbocycles. The molecule has 0 radical (unpaired) electrons. The third kappa shape index (κ3) is 3.36. The van der Waals surface area contributed by atoms with E-state index in [4.69, 9.17) is 11.6 Å². The van der Waals surface area contributed by atoms with Crippen LogP contribution in [0.4, 0.5) is 0 Å². The lowest BCUT2D eigenvalue weighted by molar-refractivity contribution is 0.217. The summed E-state index contributed by atoms with van der Waals surface area (Å²) in [5, 5.41) is 3.46. The number of thiophene rings is 1. The van der Waals surface area contributed by atoms with Crippen molar-refractivity contribution in [1.29, 1.82) is 0 Å². The number of imidazole rings is 1. The minimum absolute atomic E-state index is 0.861. The smallest absolute Gasteiger partial charge is 0.122 e. The summed E-state index contributed by atoms with van der Waals surface area (Å²) >= 11 is 7.55. The maximum Gasteiger partial charge on any atom is 0.122 e. The van der Waals surface area contributed by atoms with Gasteiger partial charge in [0, 0.05) is 50.0 Å². The Morgan fingerprint density at radius 2 is 2.32 bits per heavy atom. The first kappa shape index (κ1) is 13.1. The number of nitrogens with zero attached hydrogens (tertiary/aromatic N) is 3. The molecule has 2 aromatic rings. The predicted molar refractivity (Wildman–Crippen MR) is 78.5 cm³/mol. The Morgan fingerprint density at radius 1 is 1.37 bits per heavy atom. The molecule has 0 bridgehead atoms. The van der Waals surface area contributed by atoms with Crippen LogP contribution in [-0.2, 0) is 19.6 Å². The Bertz CT molecular complexity index is 536. The van der Waals surface area contributed by atoms with E-state index in [2.05, 4.69) is 32.0 Å². The highest BCUT2D eigenvalue weighted by Gasteiger charge is 2.15. The SMILES string of the molecule is Clc1ccc(CNCCN2CCn3ccnc3C2)s1. The summed E-state index contributed by atoms with van der Waals surface area (Å²) in [7, 11) is 0. The highest BCUT2D eigenvalue weighted by atomic mass is 35.5. The van der Waals surface area contributed by atoms with Crippen molar-refractivity contribution in [2.75, 3.05) is 19.6 Å². The Labute approximate surface area is 122 Å². The molecule has 0 aromatic carbocycles. The molecule has 1 N–H and O–H groups in total. The van der Waals surface area contributed by atoms with E-state index < -0.39 is 0 Å². The van der Waals surface area contributed by atoms with E-state index in [1.165, 1.54) is 10.7 Å². The fourth-order valence-electron chi connectivity index (χ4n) is 2.31. The molecule has 0 atom stereocenters. The van der Waals surface area contributed by atoms with Gasteiger partial charge in [-0.3, -0.25) is 4.90 Å². The van der Waals surface area contributed by atoms with Gasteiger partial charge in [0.25, 0.3) is 0 Å². The van der Waals surface area contributed by atoms with Gasteiger partial charge in [-0.2, -0.15) is 0 Å². The molecule has 6 heteroatoms. The standard InChI is InChI=1S/C13H17ClN4S/c14-12-2-1-11(19-12)9-15-3-5-17-7-8-18-6-4-16-13(18)10-17/h1-2,4,6,15H,3,5,7-10H2. The molecule has 3 rings (SSSR count). The van der Waals surface area contributed by atoms with Crippen LogP contribution >= 0.6 is 22.9 Å². The molecule has 0 fully saturated rings. The topological polar surface area (TPSA) is 33.1 Å². The van der Waals surface area contributed by atoms with Crippen LogP contribution in [0.5, 0.6) is 0 Å². The zero-order chi connectivity index (χ0) is 13.1. The first-order chi connectivity index (χ1) is 9.31. The molecule has 0 spiro atoms. The van der Waals surface area contributed by atoms with E-state index in [9.17, 15) is 0 Å². The lowest BCUT2D eigenvalue weighted by atomic mass is 10.3. The second-order valence-electron chi connectivity index (χ2n) is 4.70. The number of fused-ring (bicyclic) bond motifs is 1. The van der Waals surface area contributed by atoms with E-state index in [1.54, 1.807) is 11.3 Å². The van der Waals surface area contributed by atoms with Crippen molar-refractivity contribution in [1.82, 2.24) is 19.8 Å². The molecule has 1 aliphatic heterocycles. The first-order valence-electron chi connectivity index (χ1n) is 6.48. The summed E-state index contributed by atoms with van der Waals surface area (Å²) in [5.74, 6) is 1.18. The highest BCUT2D eigenvalue weighted by molar-refractivity contribution is 7.16. The molecule has 3 heterocycles. The first-order valence-corrected chi connectivity index (χ1v) is 7.68. The summed E-state index contributed by atoms with van der Waals surface area (Å²) in [6, 6.07) is 4.03. The van der Waals surface area contributed by atoms with Gasteiger partial charge in [-0.25, -0.2) is 4.98 Å². The lowest BCUT2D eigenvalue weighted by Crippen LogP contribution is -2.37. The second-order valence-corrected chi connectivity index (χ2v) is 6.50.